The predicted molar refractivity (Wildman–Crippen MR) is 64.2 cm³/mol. The van der Waals surface area contributed by atoms with Gasteiger partial charge in [-0.3, -0.25) is 0 Å². The van der Waals surface area contributed by atoms with Crippen LogP contribution in [0.2, 0.25) is 0 Å². The molecule has 1 saturated heterocycles. The Labute approximate surface area is 96.2 Å². The van der Waals surface area contributed by atoms with Gasteiger partial charge in [0.05, 0.1) is 13.2 Å². The fourth-order valence-corrected chi connectivity index (χ4v) is 1.61. The Morgan fingerprint density at radius 2 is 1.94 bits per heavy atom. The van der Waals surface area contributed by atoms with Crippen LogP contribution in [-0.2, 0) is 15.1 Å². The van der Waals surface area contributed by atoms with Gasteiger partial charge in [0, 0.05) is 0 Å². The van der Waals surface area contributed by atoms with Gasteiger partial charge in [-0.25, -0.2) is 0 Å². The molecule has 0 N–H and O–H groups in total. The van der Waals surface area contributed by atoms with E-state index in [0.29, 0.717) is 6.61 Å². The van der Waals surface area contributed by atoms with Crippen molar-refractivity contribution in [3.63, 3.8) is 0 Å². The first kappa shape index (κ1) is 11.1. The van der Waals surface area contributed by atoms with Crippen LogP contribution in [0.15, 0.2) is 55.6 Å². The Morgan fingerprint density at radius 3 is 2.44 bits per heavy atom. The van der Waals surface area contributed by atoms with E-state index in [4.69, 9.17) is 9.47 Å². The van der Waals surface area contributed by atoms with Gasteiger partial charge in [-0.05, 0) is 5.56 Å². The smallest absolute Gasteiger partial charge is 0.129 e. The number of hydrogen-bond donors (Lipinski definition) is 0. The normalized spacial score (nSPS) is 19.1. The monoisotopic (exact) mass is 216 g/mol. The van der Waals surface area contributed by atoms with Gasteiger partial charge in [0.15, 0.2) is 0 Å². The largest absolute Gasteiger partial charge is 0.371 e. The molecule has 2 rings (SSSR count). The molecule has 1 heterocycles. The number of benzene rings is 1. The topological polar surface area (TPSA) is 21.8 Å². The number of rotatable bonds is 6. The van der Waals surface area contributed by atoms with Crippen molar-refractivity contribution in [1.29, 1.82) is 0 Å². The molecule has 2 nitrogen and oxygen atoms in total. The van der Waals surface area contributed by atoms with E-state index in [0.717, 1.165) is 12.2 Å². The molecule has 0 saturated carbocycles. The Balaban J connectivity index is 2.18. The lowest BCUT2D eigenvalue weighted by molar-refractivity contribution is 0.0159. The van der Waals surface area contributed by atoms with Crippen molar-refractivity contribution >= 4 is 0 Å². The second-order valence-corrected chi connectivity index (χ2v) is 3.83. The molecule has 0 bridgehead atoms. The van der Waals surface area contributed by atoms with Crippen LogP contribution in [-0.4, -0.2) is 19.3 Å². The summed E-state index contributed by atoms with van der Waals surface area (Å²) in [5.74, 6) is 0. The van der Waals surface area contributed by atoms with E-state index in [2.05, 4.69) is 13.2 Å². The summed E-state index contributed by atoms with van der Waals surface area (Å²) < 4.78 is 11.0. The van der Waals surface area contributed by atoms with Crippen LogP contribution < -0.4 is 0 Å². The van der Waals surface area contributed by atoms with Crippen molar-refractivity contribution < 1.29 is 9.47 Å². The van der Waals surface area contributed by atoms with Crippen LogP contribution in [0, 0.1) is 0 Å². The Morgan fingerprint density at radius 1 is 1.31 bits per heavy atom. The number of ether oxygens (including phenoxy) is 2. The van der Waals surface area contributed by atoms with Crippen LogP contribution in [0.5, 0.6) is 0 Å². The van der Waals surface area contributed by atoms with Gasteiger partial charge in [0.25, 0.3) is 0 Å². The molecule has 1 aromatic rings. The molecule has 1 aliphatic rings. The van der Waals surface area contributed by atoms with Crippen molar-refractivity contribution in [2.45, 2.75) is 11.7 Å². The highest BCUT2D eigenvalue weighted by atomic mass is 16.6. The van der Waals surface area contributed by atoms with Gasteiger partial charge < -0.3 is 9.47 Å². The summed E-state index contributed by atoms with van der Waals surface area (Å²) in [7, 11) is 0. The van der Waals surface area contributed by atoms with E-state index in [-0.39, 0.29) is 6.10 Å². The predicted octanol–water partition coefficient (Wildman–Crippen LogP) is 2.67. The lowest BCUT2D eigenvalue weighted by Crippen LogP contribution is -2.26. The van der Waals surface area contributed by atoms with Crippen LogP contribution in [0.25, 0.3) is 0 Å². The quantitative estimate of drug-likeness (QED) is 0.538. The van der Waals surface area contributed by atoms with Gasteiger partial charge in [-0.1, -0.05) is 55.6 Å². The van der Waals surface area contributed by atoms with Gasteiger partial charge in [0.2, 0.25) is 0 Å². The summed E-state index contributed by atoms with van der Waals surface area (Å²) in [5, 5.41) is 0. The molecule has 1 fully saturated rings. The van der Waals surface area contributed by atoms with Crippen molar-refractivity contribution in [3.05, 3.63) is 61.2 Å². The summed E-state index contributed by atoms with van der Waals surface area (Å²) in [4.78, 5) is 0. The molecule has 16 heavy (non-hydrogen) atoms. The molecule has 1 aromatic carbocycles. The van der Waals surface area contributed by atoms with E-state index in [1.807, 2.05) is 30.3 Å². The van der Waals surface area contributed by atoms with Gasteiger partial charge in [-0.2, -0.15) is 0 Å². The highest BCUT2D eigenvalue weighted by Crippen LogP contribution is 2.29. The minimum atomic E-state index is -0.604. The minimum Gasteiger partial charge on any atom is -0.371 e. The van der Waals surface area contributed by atoms with E-state index >= 15 is 0 Å². The molecule has 0 amide bonds. The lowest BCUT2D eigenvalue weighted by atomic mass is 9.94. The highest BCUT2D eigenvalue weighted by Gasteiger charge is 2.30. The molecular formula is C14H16O2. The third kappa shape index (κ3) is 2.23. The SMILES string of the molecule is C=CC(C=C)(OCC1CO1)c1ccccc1. The van der Waals surface area contributed by atoms with Crippen molar-refractivity contribution in [3.8, 4) is 0 Å². The summed E-state index contributed by atoms with van der Waals surface area (Å²) in [6.45, 7) is 9.05. The zero-order valence-corrected chi connectivity index (χ0v) is 9.26. The minimum absolute atomic E-state index is 0.239. The first-order valence-corrected chi connectivity index (χ1v) is 5.39. The highest BCUT2D eigenvalue weighted by molar-refractivity contribution is 5.32. The van der Waals surface area contributed by atoms with E-state index in [1.165, 1.54) is 0 Å². The number of hydrogen-bond acceptors (Lipinski definition) is 2. The van der Waals surface area contributed by atoms with Crippen LogP contribution in [0.4, 0.5) is 0 Å². The Kier molecular flexibility index (Phi) is 3.22. The average molecular weight is 216 g/mol. The Bertz CT molecular complexity index is 358. The summed E-state index contributed by atoms with van der Waals surface area (Å²) in [6.07, 6.45) is 3.79. The zero-order chi connectivity index (χ0) is 11.4. The fourth-order valence-electron chi connectivity index (χ4n) is 1.61. The molecule has 0 aliphatic carbocycles. The molecule has 1 aliphatic heterocycles. The van der Waals surface area contributed by atoms with Gasteiger partial charge in [0.1, 0.15) is 11.7 Å². The maximum absolute atomic E-state index is 5.88. The molecular weight excluding hydrogens is 200 g/mol. The van der Waals surface area contributed by atoms with Crippen LogP contribution in [0.3, 0.4) is 0 Å². The Hall–Kier alpha value is -1.38. The summed E-state index contributed by atoms with van der Waals surface area (Å²) in [5.41, 5.74) is 0.438. The maximum atomic E-state index is 5.88. The molecule has 2 heteroatoms. The van der Waals surface area contributed by atoms with Crippen LogP contribution in [0.1, 0.15) is 5.56 Å². The first-order valence-electron chi connectivity index (χ1n) is 5.39. The second kappa shape index (κ2) is 4.64. The van der Waals surface area contributed by atoms with Gasteiger partial charge >= 0.3 is 0 Å². The first-order chi connectivity index (χ1) is 7.80. The summed E-state index contributed by atoms with van der Waals surface area (Å²) >= 11 is 0. The molecule has 0 aromatic heterocycles. The third-order valence-electron chi connectivity index (χ3n) is 2.74. The summed E-state index contributed by atoms with van der Waals surface area (Å²) in [6, 6.07) is 9.96. The van der Waals surface area contributed by atoms with Gasteiger partial charge in [-0.15, -0.1) is 0 Å². The van der Waals surface area contributed by atoms with E-state index in [1.54, 1.807) is 12.2 Å². The molecule has 1 atom stereocenters. The van der Waals surface area contributed by atoms with Crippen LogP contribution >= 0.6 is 0 Å². The molecule has 1 unspecified atom stereocenters. The zero-order valence-electron chi connectivity index (χ0n) is 9.26. The molecule has 0 spiro atoms. The van der Waals surface area contributed by atoms with E-state index < -0.39 is 5.60 Å². The second-order valence-electron chi connectivity index (χ2n) is 3.83. The molecule has 0 radical (unpaired) electrons. The average Bonchev–Trinajstić information content (AvgIpc) is 3.17. The third-order valence-corrected chi connectivity index (χ3v) is 2.74. The number of epoxide rings is 1. The van der Waals surface area contributed by atoms with Crippen molar-refractivity contribution in [1.82, 2.24) is 0 Å². The maximum Gasteiger partial charge on any atom is 0.129 e. The lowest BCUT2D eigenvalue weighted by Gasteiger charge is -2.27. The fraction of sp³-hybridized carbons (Fsp3) is 0.286. The van der Waals surface area contributed by atoms with Crippen molar-refractivity contribution in [2.24, 2.45) is 0 Å². The van der Waals surface area contributed by atoms with Crippen molar-refractivity contribution in [2.75, 3.05) is 13.2 Å². The standard InChI is InChI=1S/C14H16O2/c1-3-14(4-2,16-11-13-10-15-13)12-8-6-5-7-9-12/h3-9,13H,1-2,10-11H2. The van der Waals surface area contributed by atoms with E-state index in [9.17, 15) is 0 Å². The molecule has 84 valence electrons.